The first-order valence-electron chi connectivity index (χ1n) is 7.67. The summed E-state index contributed by atoms with van der Waals surface area (Å²) in [4.78, 5) is 9.14. The Morgan fingerprint density at radius 2 is 1.95 bits per heavy atom. The molecule has 1 atom stereocenters. The first-order chi connectivity index (χ1) is 9.31. The average Bonchev–Trinajstić information content (AvgIpc) is 2.93. The minimum atomic E-state index is 0.425. The van der Waals surface area contributed by atoms with Gasteiger partial charge in [0.25, 0.3) is 0 Å². The van der Waals surface area contributed by atoms with E-state index >= 15 is 0 Å². The van der Waals surface area contributed by atoms with E-state index in [-0.39, 0.29) is 0 Å². The molecule has 2 heterocycles. The maximum atomic E-state index is 4.60. The number of aryl methyl sites for hydroxylation is 1. The normalized spacial score (nSPS) is 24.6. The van der Waals surface area contributed by atoms with Crippen LogP contribution in [0.5, 0.6) is 0 Å². The van der Waals surface area contributed by atoms with Crippen molar-refractivity contribution in [1.82, 2.24) is 15.3 Å². The Morgan fingerprint density at radius 1 is 1.11 bits per heavy atom. The SMILES string of the molecule is Cc1nc(NC2CCCCC2)cc(C2CCCN2)n1. The van der Waals surface area contributed by atoms with Gasteiger partial charge in [-0.25, -0.2) is 9.97 Å². The van der Waals surface area contributed by atoms with Crippen LogP contribution in [0.1, 0.15) is 62.5 Å². The largest absolute Gasteiger partial charge is 0.367 e. The summed E-state index contributed by atoms with van der Waals surface area (Å²) in [5.41, 5.74) is 1.16. The van der Waals surface area contributed by atoms with Crippen LogP contribution in [0, 0.1) is 6.92 Å². The van der Waals surface area contributed by atoms with E-state index in [2.05, 4.69) is 26.7 Å². The van der Waals surface area contributed by atoms with E-state index in [9.17, 15) is 0 Å². The van der Waals surface area contributed by atoms with Crippen molar-refractivity contribution in [2.45, 2.75) is 64.0 Å². The van der Waals surface area contributed by atoms with Gasteiger partial charge in [-0.05, 0) is 39.2 Å². The van der Waals surface area contributed by atoms with Crippen molar-refractivity contribution in [2.75, 3.05) is 11.9 Å². The third-order valence-corrected chi connectivity index (χ3v) is 4.23. The molecule has 3 rings (SSSR count). The molecule has 1 aromatic heterocycles. The van der Waals surface area contributed by atoms with Crippen molar-refractivity contribution in [1.29, 1.82) is 0 Å². The Labute approximate surface area is 115 Å². The van der Waals surface area contributed by atoms with Crippen LogP contribution in [0.25, 0.3) is 0 Å². The van der Waals surface area contributed by atoms with Gasteiger partial charge in [0.15, 0.2) is 0 Å². The molecule has 1 saturated heterocycles. The summed E-state index contributed by atoms with van der Waals surface area (Å²) in [7, 11) is 0. The fraction of sp³-hybridized carbons (Fsp3) is 0.733. The van der Waals surface area contributed by atoms with E-state index in [1.54, 1.807) is 0 Å². The summed E-state index contributed by atoms with van der Waals surface area (Å²) in [5, 5.41) is 7.12. The van der Waals surface area contributed by atoms with E-state index in [1.165, 1.54) is 44.9 Å². The molecule has 2 N–H and O–H groups in total. The molecule has 1 unspecified atom stereocenters. The molecule has 4 heteroatoms. The molecular weight excluding hydrogens is 236 g/mol. The van der Waals surface area contributed by atoms with E-state index in [1.807, 2.05) is 6.92 Å². The topological polar surface area (TPSA) is 49.8 Å². The fourth-order valence-electron chi connectivity index (χ4n) is 3.24. The highest BCUT2D eigenvalue weighted by molar-refractivity contribution is 5.38. The zero-order chi connectivity index (χ0) is 13.1. The summed E-state index contributed by atoms with van der Waals surface area (Å²) in [5.74, 6) is 1.90. The van der Waals surface area contributed by atoms with Crippen LogP contribution in [-0.2, 0) is 0 Å². The lowest BCUT2D eigenvalue weighted by Gasteiger charge is -2.24. The van der Waals surface area contributed by atoms with E-state index in [0.29, 0.717) is 12.1 Å². The molecule has 0 amide bonds. The summed E-state index contributed by atoms with van der Waals surface area (Å²) >= 11 is 0. The standard InChI is InChI=1S/C15H24N4/c1-11-17-14(13-8-5-9-16-13)10-15(18-11)19-12-6-3-2-4-7-12/h10,12-13,16H,2-9H2,1H3,(H,17,18,19). The molecule has 1 aliphatic heterocycles. The van der Waals surface area contributed by atoms with Gasteiger partial charge in [-0.1, -0.05) is 19.3 Å². The molecule has 2 fully saturated rings. The number of hydrogen-bond acceptors (Lipinski definition) is 4. The minimum absolute atomic E-state index is 0.425. The van der Waals surface area contributed by atoms with Crippen LogP contribution >= 0.6 is 0 Å². The summed E-state index contributed by atoms with van der Waals surface area (Å²) in [6.07, 6.45) is 9.08. The van der Waals surface area contributed by atoms with E-state index < -0.39 is 0 Å². The summed E-state index contributed by atoms with van der Waals surface area (Å²) in [6, 6.07) is 3.17. The lowest BCUT2D eigenvalue weighted by molar-refractivity contribution is 0.461. The van der Waals surface area contributed by atoms with Crippen molar-refractivity contribution in [3.05, 3.63) is 17.6 Å². The van der Waals surface area contributed by atoms with E-state index in [0.717, 1.165) is 23.9 Å². The van der Waals surface area contributed by atoms with Gasteiger partial charge in [0.2, 0.25) is 0 Å². The zero-order valence-corrected chi connectivity index (χ0v) is 11.8. The monoisotopic (exact) mass is 260 g/mol. The number of aromatic nitrogens is 2. The van der Waals surface area contributed by atoms with Crippen LogP contribution in [0.15, 0.2) is 6.07 Å². The van der Waals surface area contributed by atoms with Crippen molar-refractivity contribution >= 4 is 5.82 Å². The number of nitrogens with one attached hydrogen (secondary N) is 2. The van der Waals surface area contributed by atoms with Gasteiger partial charge in [0, 0.05) is 18.2 Å². The fourth-order valence-corrected chi connectivity index (χ4v) is 3.24. The first kappa shape index (κ1) is 12.9. The van der Waals surface area contributed by atoms with Gasteiger partial charge in [-0.2, -0.15) is 0 Å². The molecule has 2 aliphatic rings. The summed E-state index contributed by atoms with van der Waals surface area (Å²) < 4.78 is 0. The minimum Gasteiger partial charge on any atom is -0.367 e. The predicted octanol–water partition coefficient (Wildman–Crippen LogP) is 2.95. The molecule has 1 aliphatic carbocycles. The van der Waals surface area contributed by atoms with Crippen LogP contribution in [0.2, 0.25) is 0 Å². The highest BCUT2D eigenvalue weighted by Gasteiger charge is 2.20. The molecule has 0 aromatic carbocycles. The van der Waals surface area contributed by atoms with Crippen molar-refractivity contribution < 1.29 is 0 Å². The van der Waals surface area contributed by atoms with Gasteiger partial charge in [0.05, 0.1) is 5.69 Å². The second kappa shape index (κ2) is 5.87. The number of nitrogens with zero attached hydrogens (tertiary/aromatic N) is 2. The van der Waals surface area contributed by atoms with Gasteiger partial charge in [0.1, 0.15) is 11.6 Å². The van der Waals surface area contributed by atoms with Gasteiger partial charge >= 0.3 is 0 Å². The Hall–Kier alpha value is -1.16. The zero-order valence-electron chi connectivity index (χ0n) is 11.8. The molecule has 4 nitrogen and oxygen atoms in total. The van der Waals surface area contributed by atoms with Gasteiger partial charge < -0.3 is 10.6 Å². The van der Waals surface area contributed by atoms with Crippen LogP contribution in [-0.4, -0.2) is 22.6 Å². The Kier molecular flexibility index (Phi) is 3.97. The number of hydrogen-bond donors (Lipinski definition) is 2. The van der Waals surface area contributed by atoms with Crippen LogP contribution in [0.4, 0.5) is 5.82 Å². The second-order valence-corrected chi connectivity index (χ2v) is 5.85. The molecule has 0 bridgehead atoms. The smallest absolute Gasteiger partial charge is 0.130 e. The van der Waals surface area contributed by atoms with Crippen molar-refractivity contribution in [3.63, 3.8) is 0 Å². The van der Waals surface area contributed by atoms with Crippen LogP contribution < -0.4 is 10.6 Å². The molecule has 1 saturated carbocycles. The second-order valence-electron chi connectivity index (χ2n) is 5.85. The molecular formula is C15H24N4. The quantitative estimate of drug-likeness (QED) is 0.877. The third kappa shape index (κ3) is 3.24. The molecule has 0 radical (unpaired) electrons. The van der Waals surface area contributed by atoms with Gasteiger partial charge in [-0.3, -0.25) is 0 Å². The van der Waals surface area contributed by atoms with Crippen molar-refractivity contribution in [2.24, 2.45) is 0 Å². The Morgan fingerprint density at radius 3 is 2.68 bits per heavy atom. The maximum absolute atomic E-state index is 4.60. The Bertz CT molecular complexity index is 420. The molecule has 104 valence electrons. The average molecular weight is 260 g/mol. The third-order valence-electron chi connectivity index (χ3n) is 4.23. The highest BCUT2D eigenvalue weighted by Crippen LogP contribution is 2.25. The first-order valence-corrected chi connectivity index (χ1v) is 7.67. The maximum Gasteiger partial charge on any atom is 0.130 e. The lowest BCUT2D eigenvalue weighted by Crippen LogP contribution is -2.23. The highest BCUT2D eigenvalue weighted by atomic mass is 15.1. The molecule has 1 aromatic rings. The predicted molar refractivity (Wildman–Crippen MR) is 77.2 cm³/mol. The number of rotatable bonds is 3. The van der Waals surface area contributed by atoms with Gasteiger partial charge in [-0.15, -0.1) is 0 Å². The Balaban J connectivity index is 1.73. The summed E-state index contributed by atoms with van der Waals surface area (Å²) in [6.45, 7) is 3.10. The van der Waals surface area contributed by atoms with Crippen LogP contribution in [0.3, 0.4) is 0 Å². The van der Waals surface area contributed by atoms with Crippen molar-refractivity contribution in [3.8, 4) is 0 Å². The lowest BCUT2D eigenvalue weighted by atomic mass is 9.95. The van der Waals surface area contributed by atoms with E-state index in [4.69, 9.17) is 0 Å². The molecule has 0 spiro atoms. The molecule has 19 heavy (non-hydrogen) atoms. The number of anilines is 1.